The fraction of sp³-hybridized carbons (Fsp3) is 0.182. The van der Waals surface area contributed by atoms with Gasteiger partial charge in [-0.1, -0.05) is 23.7 Å². The molecule has 1 atom stereocenters. The number of carboxylic acids is 1. The van der Waals surface area contributed by atoms with Gasteiger partial charge in [0.25, 0.3) is 6.01 Å². The maximum atomic E-state index is 15.5. The Hall–Kier alpha value is -4.87. The van der Waals surface area contributed by atoms with Crippen LogP contribution in [-0.2, 0) is 24.3 Å². The van der Waals surface area contributed by atoms with Gasteiger partial charge in [0.15, 0.2) is 0 Å². The van der Waals surface area contributed by atoms with Crippen LogP contribution >= 0.6 is 11.6 Å². The number of nitrogens with zero attached hydrogens (tertiary/aromatic N) is 3. The molecule has 0 amide bonds. The number of hydrogen-bond acceptors (Lipinski definition) is 6. The molecule has 6 aromatic rings. The molecule has 0 aliphatic carbocycles. The number of aromatic carboxylic acids is 1. The zero-order valence-electron chi connectivity index (χ0n) is 23.4. The van der Waals surface area contributed by atoms with Crippen LogP contribution in [0.4, 0.5) is 13.2 Å². The minimum absolute atomic E-state index is 0.0340. The number of carboxylic acid groups (broad SMARTS) is 1. The maximum absolute atomic E-state index is 15.5. The molecular weight excluding hydrogens is 611 g/mol. The lowest BCUT2D eigenvalue weighted by Crippen LogP contribution is -2.31. The highest BCUT2D eigenvalue weighted by Crippen LogP contribution is 2.31. The van der Waals surface area contributed by atoms with E-state index < -0.39 is 23.6 Å². The lowest BCUT2D eigenvalue weighted by atomic mass is 10.0. The summed E-state index contributed by atoms with van der Waals surface area (Å²) in [6, 6.07) is 15.1. The normalized spacial score (nSPS) is 14.6. The number of aromatic nitrogens is 3. The third kappa shape index (κ3) is 5.60. The van der Waals surface area contributed by atoms with Gasteiger partial charge in [-0.15, -0.1) is 0 Å². The van der Waals surface area contributed by atoms with Crippen LogP contribution in [0.15, 0.2) is 71.1 Å². The Morgan fingerprint density at radius 3 is 2.64 bits per heavy atom. The van der Waals surface area contributed by atoms with E-state index in [1.165, 1.54) is 24.3 Å². The predicted molar refractivity (Wildman–Crippen MR) is 159 cm³/mol. The number of imidazole rings is 1. The van der Waals surface area contributed by atoms with Crippen molar-refractivity contribution >= 4 is 39.6 Å². The monoisotopic (exact) mass is 633 g/mol. The van der Waals surface area contributed by atoms with Crippen molar-refractivity contribution in [3.63, 3.8) is 0 Å². The number of hydrogen-bond donors (Lipinski definition) is 1. The highest BCUT2D eigenvalue weighted by Gasteiger charge is 2.24. The summed E-state index contributed by atoms with van der Waals surface area (Å²) < 4.78 is 63.1. The fourth-order valence-corrected chi connectivity index (χ4v) is 5.60. The third-order valence-electron chi connectivity index (χ3n) is 7.80. The second-order valence-corrected chi connectivity index (χ2v) is 11.1. The summed E-state index contributed by atoms with van der Waals surface area (Å²) in [5, 5.41) is 10.2. The van der Waals surface area contributed by atoms with Crippen molar-refractivity contribution in [1.82, 2.24) is 14.5 Å². The van der Waals surface area contributed by atoms with Crippen LogP contribution in [0.2, 0.25) is 5.02 Å². The molecule has 4 heterocycles. The van der Waals surface area contributed by atoms with E-state index in [9.17, 15) is 14.3 Å². The van der Waals surface area contributed by atoms with E-state index in [1.807, 2.05) is 4.57 Å². The topological polar surface area (TPSA) is 99.6 Å². The van der Waals surface area contributed by atoms with Gasteiger partial charge in [-0.2, -0.15) is 4.39 Å². The first kappa shape index (κ1) is 28.9. The molecule has 8 nitrogen and oxygen atoms in total. The van der Waals surface area contributed by atoms with E-state index >= 15 is 8.78 Å². The van der Waals surface area contributed by atoms with E-state index in [1.54, 1.807) is 30.3 Å². The van der Waals surface area contributed by atoms with Gasteiger partial charge >= 0.3 is 5.97 Å². The third-order valence-corrected chi connectivity index (χ3v) is 8.12. The van der Waals surface area contributed by atoms with Crippen molar-refractivity contribution in [2.45, 2.75) is 32.1 Å². The molecule has 45 heavy (non-hydrogen) atoms. The van der Waals surface area contributed by atoms with Crippen molar-refractivity contribution in [2.24, 2.45) is 0 Å². The molecule has 1 saturated heterocycles. The zero-order valence-corrected chi connectivity index (χ0v) is 24.2. The van der Waals surface area contributed by atoms with E-state index in [4.69, 9.17) is 25.5 Å². The smallest absolute Gasteiger partial charge is 0.335 e. The summed E-state index contributed by atoms with van der Waals surface area (Å²) in [6.45, 7) is 1.00. The van der Waals surface area contributed by atoms with E-state index in [0.29, 0.717) is 46.0 Å². The minimum atomic E-state index is -1.08. The Bertz CT molecular complexity index is 2110. The average Bonchev–Trinajstić information content (AvgIpc) is 3.56. The Kier molecular flexibility index (Phi) is 7.42. The summed E-state index contributed by atoms with van der Waals surface area (Å²) in [6.07, 6.45) is 0.716. The summed E-state index contributed by atoms with van der Waals surface area (Å²) in [4.78, 5) is 20.5. The number of halogens is 4. The van der Waals surface area contributed by atoms with Gasteiger partial charge in [-0.05, 0) is 54.4 Å². The Morgan fingerprint density at radius 2 is 1.87 bits per heavy atom. The lowest BCUT2D eigenvalue weighted by molar-refractivity contribution is -0.0589. The van der Waals surface area contributed by atoms with Gasteiger partial charge in [0.1, 0.15) is 29.6 Å². The first-order valence-corrected chi connectivity index (χ1v) is 14.4. The maximum Gasteiger partial charge on any atom is 0.335 e. The SMILES string of the molecule is O=C(O)c1ccc2nc(Cc3cc(F)c(-c4cccc(OCc5ccc(Cl)c6cc(F)oc56)n4)cc3F)n(C[C@@H]3CCO3)c2c1. The van der Waals surface area contributed by atoms with Gasteiger partial charge in [-0.3, -0.25) is 0 Å². The molecular formula is C33H23ClF3N3O5. The van der Waals surface area contributed by atoms with Crippen molar-refractivity contribution in [3.05, 3.63) is 112 Å². The van der Waals surface area contributed by atoms with Crippen molar-refractivity contribution in [3.8, 4) is 17.1 Å². The predicted octanol–water partition coefficient (Wildman–Crippen LogP) is 7.57. The lowest BCUT2D eigenvalue weighted by Gasteiger charge is -2.27. The standard InChI is InChI=1S/C33H23ClF3N3O5/c34-23-6-4-18(32-21(23)14-29(37)45-32)16-44-31-3-1-2-26(39-31)22-13-24(35)19(10-25(22)36)12-30-38-27-7-5-17(33(41)42)11-28(27)40(30)15-20-8-9-43-20/h1-7,10-11,13-14,20H,8-9,12,15-16H2,(H,41,42)/t20-/m0/s1. The summed E-state index contributed by atoms with van der Waals surface area (Å²) >= 11 is 6.13. The molecule has 1 aliphatic rings. The molecule has 1 N–H and O–H groups in total. The molecule has 3 aromatic carbocycles. The van der Waals surface area contributed by atoms with Crippen LogP contribution < -0.4 is 4.74 Å². The summed E-state index contributed by atoms with van der Waals surface area (Å²) in [7, 11) is 0. The minimum Gasteiger partial charge on any atom is -0.478 e. The van der Waals surface area contributed by atoms with E-state index in [-0.39, 0.29) is 53.0 Å². The van der Waals surface area contributed by atoms with Crippen LogP contribution in [0.5, 0.6) is 5.88 Å². The quantitative estimate of drug-likeness (QED) is 0.175. The van der Waals surface area contributed by atoms with E-state index in [2.05, 4.69) is 9.97 Å². The number of furan rings is 1. The highest BCUT2D eigenvalue weighted by molar-refractivity contribution is 6.35. The number of carbonyl (C=O) groups is 1. The second-order valence-electron chi connectivity index (χ2n) is 10.7. The number of benzene rings is 3. The summed E-state index contributed by atoms with van der Waals surface area (Å²) in [5.41, 5.74) is 2.16. The molecule has 12 heteroatoms. The molecule has 0 radical (unpaired) electrons. The van der Waals surface area contributed by atoms with Crippen LogP contribution in [-0.4, -0.2) is 38.3 Å². The van der Waals surface area contributed by atoms with E-state index in [0.717, 1.165) is 18.6 Å². The van der Waals surface area contributed by atoms with Crippen molar-refractivity contribution in [1.29, 1.82) is 0 Å². The van der Waals surface area contributed by atoms with Crippen LogP contribution in [0.3, 0.4) is 0 Å². The van der Waals surface area contributed by atoms with Gasteiger partial charge in [-0.25, -0.2) is 23.5 Å². The molecule has 0 spiro atoms. The first-order valence-electron chi connectivity index (χ1n) is 14.0. The Balaban J connectivity index is 1.15. The molecule has 228 valence electrons. The zero-order chi connectivity index (χ0) is 31.2. The van der Waals surface area contributed by atoms with Crippen LogP contribution in [0, 0.1) is 17.6 Å². The molecule has 1 aliphatic heterocycles. The van der Waals surface area contributed by atoms with Crippen molar-refractivity contribution < 1.29 is 37.0 Å². The van der Waals surface area contributed by atoms with Crippen molar-refractivity contribution in [2.75, 3.05) is 6.61 Å². The van der Waals surface area contributed by atoms with Gasteiger partial charge in [0.05, 0.1) is 40.0 Å². The molecule has 7 rings (SSSR count). The van der Waals surface area contributed by atoms with Gasteiger partial charge in [0, 0.05) is 41.7 Å². The van der Waals surface area contributed by atoms with Crippen LogP contribution in [0.25, 0.3) is 33.3 Å². The number of fused-ring (bicyclic) bond motifs is 2. The summed E-state index contributed by atoms with van der Waals surface area (Å²) in [5.74, 6) is -1.84. The molecule has 0 unspecified atom stereocenters. The molecule has 3 aromatic heterocycles. The highest BCUT2D eigenvalue weighted by atomic mass is 35.5. The first-order chi connectivity index (χ1) is 21.7. The van der Waals surface area contributed by atoms with Crippen LogP contribution in [0.1, 0.15) is 33.7 Å². The molecule has 1 fully saturated rings. The molecule has 0 saturated carbocycles. The second kappa shape index (κ2) is 11.6. The number of rotatable bonds is 9. The molecule has 0 bridgehead atoms. The Labute approximate surface area is 258 Å². The van der Waals surface area contributed by atoms with Gasteiger partial charge < -0.3 is 23.6 Å². The number of ether oxygens (including phenoxy) is 2. The Morgan fingerprint density at radius 1 is 1.02 bits per heavy atom. The average molecular weight is 634 g/mol. The largest absolute Gasteiger partial charge is 0.478 e. The fourth-order valence-electron chi connectivity index (χ4n) is 5.39. The van der Waals surface area contributed by atoms with Gasteiger partial charge in [0.2, 0.25) is 5.88 Å². The number of pyridine rings is 1.